The lowest BCUT2D eigenvalue weighted by molar-refractivity contribution is -0.137. The number of halogens is 3. The molecule has 0 fully saturated rings. The molecule has 174 valence electrons. The second kappa shape index (κ2) is 8.90. The van der Waals surface area contributed by atoms with Gasteiger partial charge in [0.1, 0.15) is 17.3 Å². The van der Waals surface area contributed by atoms with Gasteiger partial charge < -0.3 is 14.5 Å². The number of fused-ring (bicyclic) bond motifs is 1. The minimum Gasteiger partial charge on any atom is -0.496 e. The predicted molar refractivity (Wildman–Crippen MR) is 117 cm³/mol. The van der Waals surface area contributed by atoms with Gasteiger partial charge in [0.05, 0.1) is 31.0 Å². The molecule has 9 heteroatoms. The summed E-state index contributed by atoms with van der Waals surface area (Å²) in [4.78, 5) is 22.2. The maximum Gasteiger partial charge on any atom is 0.416 e. The van der Waals surface area contributed by atoms with Gasteiger partial charge in [0.15, 0.2) is 0 Å². The SMILES string of the molecule is COc1ccc(CN2CCc3nc(-c4ccc(C(F)(F)F)cc4)[nH]c(=O)c3C2)c(OC)c1C. The van der Waals surface area contributed by atoms with Crippen LogP contribution in [0.2, 0.25) is 0 Å². The smallest absolute Gasteiger partial charge is 0.416 e. The second-order valence-corrected chi connectivity index (χ2v) is 7.96. The van der Waals surface area contributed by atoms with Crippen molar-refractivity contribution >= 4 is 0 Å². The number of hydrogen-bond donors (Lipinski definition) is 1. The van der Waals surface area contributed by atoms with E-state index in [1.165, 1.54) is 12.1 Å². The van der Waals surface area contributed by atoms with Crippen LogP contribution in [0.1, 0.15) is 27.9 Å². The van der Waals surface area contributed by atoms with Crippen LogP contribution in [0, 0.1) is 6.92 Å². The van der Waals surface area contributed by atoms with Crippen LogP contribution in [-0.4, -0.2) is 35.6 Å². The van der Waals surface area contributed by atoms with Gasteiger partial charge in [0.2, 0.25) is 0 Å². The first-order valence-electron chi connectivity index (χ1n) is 10.4. The van der Waals surface area contributed by atoms with E-state index in [-0.39, 0.29) is 11.4 Å². The highest BCUT2D eigenvalue weighted by Crippen LogP contribution is 2.33. The first kappa shape index (κ1) is 22.8. The molecule has 0 atom stereocenters. The summed E-state index contributed by atoms with van der Waals surface area (Å²) in [5.41, 5.74) is 2.55. The molecule has 2 aromatic carbocycles. The van der Waals surface area contributed by atoms with Gasteiger partial charge in [-0.3, -0.25) is 9.69 Å². The van der Waals surface area contributed by atoms with Crippen LogP contribution in [0.15, 0.2) is 41.2 Å². The highest BCUT2D eigenvalue weighted by molar-refractivity contribution is 5.56. The van der Waals surface area contributed by atoms with E-state index >= 15 is 0 Å². The number of nitrogens with one attached hydrogen (secondary N) is 1. The first-order chi connectivity index (χ1) is 15.7. The Bertz CT molecular complexity index is 1220. The number of aromatic amines is 1. The third-order valence-electron chi connectivity index (χ3n) is 5.89. The lowest BCUT2D eigenvalue weighted by Crippen LogP contribution is -2.35. The molecule has 0 bridgehead atoms. The zero-order valence-electron chi connectivity index (χ0n) is 18.5. The van der Waals surface area contributed by atoms with Gasteiger partial charge in [0, 0.05) is 42.7 Å². The van der Waals surface area contributed by atoms with Crippen LogP contribution in [0.3, 0.4) is 0 Å². The van der Waals surface area contributed by atoms with E-state index in [0.29, 0.717) is 42.9 Å². The summed E-state index contributed by atoms with van der Waals surface area (Å²) in [6, 6.07) is 8.47. The molecule has 1 aliphatic heterocycles. The highest BCUT2D eigenvalue weighted by atomic mass is 19.4. The molecular formula is C24H24F3N3O3. The number of nitrogens with zero attached hydrogens (tertiary/aromatic N) is 2. The molecule has 3 aromatic rings. The summed E-state index contributed by atoms with van der Waals surface area (Å²) in [6.45, 7) is 3.63. The Morgan fingerprint density at radius 2 is 1.82 bits per heavy atom. The first-order valence-corrected chi connectivity index (χ1v) is 10.4. The molecule has 0 saturated heterocycles. The summed E-state index contributed by atoms with van der Waals surface area (Å²) in [7, 11) is 3.23. The molecule has 0 spiro atoms. The summed E-state index contributed by atoms with van der Waals surface area (Å²) in [6.07, 6.45) is -3.85. The van der Waals surface area contributed by atoms with Crippen LogP contribution in [0.25, 0.3) is 11.4 Å². The summed E-state index contributed by atoms with van der Waals surface area (Å²) < 4.78 is 49.4. The van der Waals surface area contributed by atoms with Crippen molar-refractivity contribution in [1.82, 2.24) is 14.9 Å². The molecule has 0 unspecified atom stereocenters. The maximum atomic E-state index is 12.8. The number of hydrogen-bond acceptors (Lipinski definition) is 5. The standard InChI is InChI=1S/C24H24F3N3O3/c1-14-20(32-2)9-6-16(21(14)33-3)12-30-11-10-19-18(13-30)23(31)29-22(28-19)15-4-7-17(8-5-15)24(25,26)27/h4-9H,10-13H2,1-3H3,(H,28,29,31). The Hall–Kier alpha value is -3.33. The van der Waals surface area contributed by atoms with Gasteiger partial charge in [-0.1, -0.05) is 18.2 Å². The normalized spacial score (nSPS) is 14.1. The van der Waals surface area contributed by atoms with Crippen molar-refractivity contribution < 1.29 is 22.6 Å². The van der Waals surface area contributed by atoms with Crippen LogP contribution in [0.5, 0.6) is 11.5 Å². The Balaban J connectivity index is 1.56. The molecule has 4 rings (SSSR count). The Labute approximate surface area is 189 Å². The maximum absolute atomic E-state index is 12.8. The van der Waals surface area contributed by atoms with Crippen molar-refractivity contribution in [3.8, 4) is 22.9 Å². The molecule has 2 heterocycles. The number of benzene rings is 2. The summed E-state index contributed by atoms with van der Waals surface area (Å²) >= 11 is 0. The van der Waals surface area contributed by atoms with Crippen molar-refractivity contribution in [2.45, 2.75) is 32.6 Å². The van der Waals surface area contributed by atoms with E-state index in [0.717, 1.165) is 34.8 Å². The fraction of sp³-hybridized carbons (Fsp3) is 0.333. The van der Waals surface area contributed by atoms with E-state index in [1.54, 1.807) is 14.2 Å². The predicted octanol–water partition coefficient (Wildman–Crippen LogP) is 4.34. The molecule has 1 aromatic heterocycles. The Morgan fingerprint density at radius 3 is 2.45 bits per heavy atom. The second-order valence-electron chi connectivity index (χ2n) is 7.96. The third-order valence-corrected chi connectivity index (χ3v) is 5.89. The average molecular weight is 459 g/mol. The van der Waals surface area contributed by atoms with Crippen molar-refractivity contribution in [1.29, 1.82) is 0 Å². The quantitative estimate of drug-likeness (QED) is 0.615. The lowest BCUT2D eigenvalue weighted by Gasteiger charge is -2.28. The van der Waals surface area contributed by atoms with Gasteiger partial charge in [-0.2, -0.15) is 13.2 Å². The molecule has 6 nitrogen and oxygen atoms in total. The van der Waals surface area contributed by atoms with Crippen LogP contribution >= 0.6 is 0 Å². The molecule has 0 amide bonds. The monoisotopic (exact) mass is 459 g/mol. The fourth-order valence-corrected chi connectivity index (χ4v) is 4.17. The fourth-order valence-electron chi connectivity index (χ4n) is 4.17. The van der Waals surface area contributed by atoms with Crippen LogP contribution < -0.4 is 15.0 Å². The molecule has 0 radical (unpaired) electrons. The molecule has 33 heavy (non-hydrogen) atoms. The molecular weight excluding hydrogens is 435 g/mol. The van der Waals surface area contributed by atoms with E-state index in [2.05, 4.69) is 14.9 Å². The van der Waals surface area contributed by atoms with E-state index < -0.39 is 11.7 Å². The van der Waals surface area contributed by atoms with Crippen LogP contribution in [0.4, 0.5) is 13.2 Å². The van der Waals surface area contributed by atoms with Crippen molar-refractivity contribution in [2.75, 3.05) is 20.8 Å². The van der Waals surface area contributed by atoms with Crippen LogP contribution in [-0.2, 0) is 25.7 Å². The number of H-pyrrole nitrogens is 1. The van der Waals surface area contributed by atoms with Crippen molar-refractivity contribution in [3.63, 3.8) is 0 Å². The summed E-state index contributed by atoms with van der Waals surface area (Å²) in [5.74, 6) is 1.77. The number of aromatic nitrogens is 2. The number of alkyl halides is 3. The number of ether oxygens (including phenoxy) is 2. The molecule has 0 aliphatic carbocycles. The molecule has 1 N–H and O–H groups in total. The van der Waals surface area contributed by atoms with E-state index in [4.69, 9.17) is 9.47 Å². The van der Waals surface area contributed by atoms with Gasteiger partial charge >= 0.3 is 6.18 Å². The number of rotatable bonds is 5. The minimum atomic E-state index is -4.41. The van der Waals surface area contributed by atoms with Gasteiger partial charge in [-0.25, -0.2) is 4.98 Å². The molecule has 0 saturated carbocycles. The average Bonchev–Trinajstić information content (AvgIpc) is 2.79. The number of methoxy groups -OCH3 is 2. The van der Waals surface area contributed by atoms with Crippen molar-refractivity contribution in [3.05, 3.63) is 74.7 Å². The lowest BCUT2D eigenvalue weighted by atomic mass is 10.0. The third kappa shape index (κ3) is 4.59. The van der Waals surface area contributed by atoms with Gasteiger partial charge in [-0.15, -0.1) is 0 Å². The zero-order valence-corrected chi connectivity index (χ0v) is 18.5. The Morgan fingerprint density at radius 1 is 1.09 bits per heavy atom. The van der Waals surface area contributed by atoms with E-state index in [9.17, 15) is 18.0 Å². The largest absolute Gasteiger partial charge is 0.496 e. The molecule has 1 aliphatic rings. The van der Waals surface area contributed by atoms with Crippen molar-refractivity contribution in [2.24, 2.45) is 0 Å². The summed E-state index contributed by atoms with van der Waals surface area (Å²) in [5, 5.41) is 0. The van der Waals surface area contributed by atoms with Gasteiger partial charge in [-0.05, 0) is 25.1 Å². The minimum absolute atomic E-state index is 0.272. The van der Waals surface area contributed by atoms with Gasteiger partial charge in [0.25, 0.3) is 5.56 Å². The zero-order chi connectivity index (χ0) is 23.8. The Kier molecular flexibility index (Phi) is 6.16. The highest BCUT2D eigenvalue weighted by Gasteiger charge is 2.30. The topological polar surface area (TPSA) is 67.5 Å². The van der Waals surface area contributed by atoms with E-state index in [1.807, 2.05) is 19.1 Å².